The number of amides is 1. The third kappa shape index (κ3) is 7.01. The Bertz CT molecular complexity index is 713. The number of carbonyl (C=O) groups is 1. The van der Waals surface area contributed by atoms with Gasteiger partial charge in [-0.05, 0) is 49.4 Å². The minimum atomic E-state index is -0.129. The zero-order valence-electron chi connectivity index (χ0n) is 16.0. The molecule has 0 aromatic carbocycles. The highest BCUT2D eigenvalue weighted by Gasteiger charge is 2.20. The summed E-state index contributed by atoms with van der Waals surface area (Å²) in [6.07, 6.45) is 3.69. The van der Waals surface area contributed by atoms with Crippen molar-refractivity contribution in [2.45, 2.75) is 32.4 Å². The van der Waals surface area contributed by atoms with Gasteiger partial charge < -0.3 is 25.3 Å². The van der Waals surface area contributed by atoms with Gasteiger partial charge in [0.05, 0.1) is 17.8 Å². The van der Waals surface area contributed by atoms with Gasteiger partial charge in [-0.25, -0.2) is 4.99 Å². The average molecular weight is 517 g/mol. The lowest BCUT2D eigenvalue weighted by atomic mass is 10.1. The van der Waals surface area contributed by atoms with Crippen molar-refractivity contribution in [3.63, 3.8) is 0 Å². The monoisotopic (exact) mass is 517 g/mol. The molecule has 0 aliphatic carbocycles. The molecule has 154 valence electrons. The van der Waals surface area contributed by atoms with Crippen molar-refractivity contribution < 1.29 is 9.21 Å². The SMILES string of the molecule is CCNC(=NCC(=O)NCc1ccco1)NC1CCN(c2cccs2)CC1.I. The van der Waals surface area contributed by atoms with Crippen LogP contribution in [0, 0.1) is 0 Å². The lowest BCUT2D eigenvalue weighted by molar-refractivity contribution is -0.119. The van der Waals surface area contributed by atoms with Crippen molar-refractivity contribution in [2.75, 3.05) is 31.1 Å². The Kier molecular flexibility index (Phi) is 9.62. The fraction of sp³-hybridized carbons (Fsp3) is 0.474. The quantitative estimate of drug-likeness (QED) is 0.299. The maximum absolute atomic E-state index is 12.0. The van der Waals surface area contributed by atoms with Crippen LogP contribution in [-0.4, -0.2) is 44.1 Å². The van der Waals surface area contributed by atoms with E-state index in [1.807, 2.05) is 13.0 Å². The second-order valence-corrected chi connectivity index (χ2v) is 7.33. The minimum absolute atomic E-state index is 0. The number of halogens is 1. The van der Waals surface area contributed by atoms with Crippen LogP contribution in [0.5, 0.6) is 0 Å². The molecule has 1 saturated heterocycles. The summed E-state index contributed by atoms with van der Waals surface area (Å²) in [6.45, 7) is 5.31. The molecule has 0 saturated carbocycles. The van der Waals surface area contributed by atoms with Gasteiger partial charge in [0, 0.05) is 25.7 Å². The van der Waals surface area contributed by atoms with Crippen LogP contribution in [0.2, 0.25) is 0 Å². The Labute approximate surface area is 187 Å². The summed E-state index contributed by atoms with van der Waals surface area (Å²) in [5.74, 6) is 1.30. The Morgan fingerprint density at radius 1 is 1.29 bits per heavy atom. The number of furan rings is 1. The molecule has 0 bridgehead atoms. The molecule has 7 nitrogen and oxygen atoms in total. The average Bonchev–Trinajstić information content (AvgIpc) is 3.39. The highest BCUT2D eigenvalue weighted by atomic mass is 127. The molecule has 0 spiro atoms. The van der Waals surface area contributed by atoms with Crippen molar-refractivity contribution in [3.8, 4) is 0 Å². The van der Waals surface area contributed by atoms with Gasteiger partial charge in [-0.15, -0.1) is 35.3 Å². The predicted octanol–water partition coefficient (Wildman–Crippen LogP) is 2.80. The van der Waals surface area contributed by atoms with Gasteiger partial charge in [0.1, 0.15) is 12.3 Å². The molecule has 3 rings (SSSR count). The third-order valence-corrected chi connectivity index (χ3v) is 5.35. The molecule has 0 atom stereocenters. The van der Waals surface area contributed by atoms with E-state index >= 15 is 0 Å². The van der Waals surface area contributed by atoms with E-state index < -0.39 is 0 Å². The van der Waals surface area contributed by atoms with Gasteiger partial charge in [-0.2, -0.15) is 0 Å². The molecule has 9 heteroatoms. The van der Waals surface area contributed by atoms with Crippen LogP contribution in [0.15, 0.2) is 45.3 Å². The molecule has 0 radical (unpaired) electrons. The molecule has 1 aliphatic heterocycles. The fourth-order valence-corrected chi connectivity index (χ4v) is 3.80. The van der Waals surface area contributed by atoms with Crippen LogP contribution in [0.25, 0.3) is 0 Å². The van der Waals surface area contributed by atoms with Gasteiger partial charge in [0.2, 0.25) is 5.91 Å². The van der Waals surface area contributed by atoms with Crippen LogP contribution < -0.4 is 20.9 Å². The maximum Gasteiger partial charge on any atom is 0.242 e. The Morgan fingerprint density at radius 2 is 2.11 bits per heavy atom. The first kappa shape index (κ1) is 22.5. The van der Waals surface area contributed by atoms with Gasteiger partial charge >= 0.3 is 0 Å². The molecular weight excluding hydrogens is 489 g/mol. The summed E-state index contributed by atoms with van der Waals surface area (Å²) < 4.78 is 5.21. The van der Waals surface area contributed by atoms with E-state index in [0.717, 1.165) is 38.2 Å². The number of anilines is 1. The highest BCUT2D eigenvalue weighted by Crippen LogP contribution is 2.24. The molecule has 28 heavy (non-hydrogen) atoms. The Balaban J connectivity index is 0.00000280. The van der Waals surface area contributed by atoms with E-state index in [1.165, 1.54) is 5.00 Å². The summed E-state index contributed by atoms with van der Waals surface area (Å²) in [6, 6.07) is 8.27. The summed E-state index contributed by atoms with van der Waals surface area (Å²) in [5, 5.41) is 12.9. The number of carbonyl (C=O) groups excluding carboxylic acids is 1. The molecule has 1 aliphatic rings. The number of nitrogens with zero attached hydrogens (tertiary/aromatic N) is 2. The van der Waals surface area contributed by atoms with Crippen molar-refractivity contribution in [3.05, 3.63) is 41.7 Å². The standard InChI is InChI=1S/C19H27N5O2S.HI/c1-2-20-19(22-14-17(25)21-13-16-5-3-11-26-16)23-15-7-9-24(10-8-15)18-6-4-12-27-18;/h3-6,11-12,15H,2,7-10,13-14H2,1H3,(H,21,25)(H2,20,22,23);1H. The number of hydrogen-bond acceptors (Lipinski definition) is 5. The molecule has 1 fully saturated rings. The summed E-state index contributed by atoms with van der Waals surface area (Å²) >= 11 is 1.79. The van der Waals surface area contributed by atoms with Gasteiger partial charge in [-0.3, -0.25) is 4.79 Å². The van der Waals surface area contributed by atoms with Crippen molar-refractivity contribution in [1.29, 1.82) is 0 Å². The molecule has 3 N–H and O–H groups in total. The number of rotatable bonds is 7. The first-order chi connectivity index (χ1) is 13.2. The Hall–Kier alpha value is -1.75. The van der Waals surface area contributed by atoms with Crippen LogP contribution in [0.4, 0.5) is 5.00 Å². The van der Waals surface area contributed by atoms with Gasteiger partial charge in [-0.1, -0.05) is 0 Å². The van der Waals surface area contributed by atoms with Crippen LogP contribution in [0.3, 0.4) is 0 Å². The number of guanidine groups is 1. The predicted molar refractivity (Wildman–Crippen MR) is 125 cm³/mol. The zero-order valence-corrected chi connectivity index (χ0v) is 19.2. The lowest BCUT2D eigenvalue weighted by Gasteiger charge is -2.33. The van der Waals surface area contributed by atoms with Crippen molar-refractivity contribution in [2.24, 2.45) is 4.99 Å². The largest absolute Gasteiger partial charge is 0.467 e. The molecular formula is C19H28IN5O2S. The second kappa shape index (κ2) is 11.9. The van der Waals surface area contributed by atoms with E-state index in [4.69, 9.17) is 4.42 Å². The number of thiophene rings is 1. The molecule has 2 aromatic heterocycles. The van der Waals surface area contributed by atoms with Gasteiger partial charge in [0.25, 0.3) is 0 Å². The first-order valence-corrected chi connectivity index (χ1v) is 10.2. The number of nitrogens with one attached hydrogen (secondary N) is 3. The lowest BCUT2D eigenvalue weighted by Crippen LogP contribution is -2.49. The van der Waals surface area contributed by atoms with Crippen molar-refractivity contribution >= 4 is 52.2 Å². The smallest absolute Gasteiger partial charge is 0.242 e. The number of piperidine rings is 1. The number of hydrogen-bond donors (Lipinski definition) is 3. The summed E-state index contributed by atoms with van der Waals surface area (Å²) in [7, 11) is 0. The normalized spacial score (nSPS) is 15.0. The van der Waals surface area contributed by atoms with E-state index in [2.05, 4.69) is 43.4 Å². The topological polar surface area (TPSA) is 81.9 Å². The fourth-order valence-electron chi connectivity index (χ4n) is 3.01. The zero-order chi connectivity index (χ0) is 18.9. The molecule has 1 amide bonds. The molecule has 2 aromatic rings. The highest BCUT2D eigenvalue weighted by molar-refractivity contribution is 14.0. The van der Waals surface area contributed by atoms with Crippen LogP contribution in [0.1, 0.15) is 25.5 Å². The van der Waals surface area contributed by atoms with Gasteiger partial charge in [0.15, 0.2) is 5.96 Å². The van der Waals surface area contributed by atoms with E-state index in [9.17, 15) is 4.79 Å². The summed E-state index contributed by atoms with van der Waals surface area (Å²) in [5.41, 5.74) is 0. The second-order valence-electron chi connectivity index (χ2n) is 6.41. The van der Waals surface area contributed by atoms with E-state index in [0.29, 0.717) is 18.5 Å². The van der Waals surface area contributed by atoms with Crippen molar-refractivity contribution in [1.82, 2.24) is 16.0 Å². The third-order valence-electron chi connectivity index (χ3n) is 4.42. The molecule has 0 unspecified atom stereocenters. The van der Waals surface area contributed by atoms with E-state index in [-0.39, 0.29) is 36.4 Å². The summed E-state index contributed by atoms with van der Waals surface area (Å²) in [4.78, 5) is 18.8. The number of aliphatic imine (C=N–C) groups is 1. The van der Waals surface area contributed by atoms with E-state index in [1.54, 1.807) is 23.7 Å². The van der Waals surface area contributed by atoms with Crippen LogP contribution in [-0.2, 0) is 11.3 Å². The first-order valence-electron chi connectivity index (χ1n) is 9.37. The van der Waals surface area contributed by atoms with Crippen LogP contribution >= 0.6 is 35.3 Å². The minimum Gasteiger partial charge on any atom is -0.467 e. The molecule has 3 heterocycles. The Morgan fingerprint density at radius 3 is 2.75 bits per heavy atom. The maximum atomic E-state index is 12.0.